The Kier molecular flexibility index (Phi) is 3.46. The third-order valence-corrected chi connectivity index (χ3v) is 4.70. The third-order valence-electron chi connectivity index (χ3n) is 3.48. The minimum Gasteiger partial charge on any atom is -0.464 e. The van der Waals surface area contributed by atoms with Gasteiger partial charge in [0.15, 0.2) is 0 Å². The normalized spacial score (nSPS) is 19.5. The molecule has 4 nitrogen and oxygen atoms in total. The minimum atomic E-state index is -0.326. The average molecular weight is 276 g/mol. The van der Waals surface area contributed by atoms with Gasteiger partial charge in [0.1, 0.15) is 11.3 Å². The number of rotatable bonds is 2. The van der Waals surface area contributed by atoms with Crippen molar-refractivity contribution in [3.05, 3.63) is 35.8 Å². The Morgan fingerprint density at radius 2 is 2.42 bits per heavy atom. The lowest BCUT2D eigenvalue weighted by Crippen LogP contribution is -2.09. The minimum absolute atomic E-state index is 0.326. The monoisotopic (exact) mass is 276 g/mol. The van der Waals surface area contributed by atoms with Crippen LogP contribution in [0.1, 0.15) is 34.9 Å². The molecule has 0 N–H and O–H groups in total. The lowest BCUT2D eigenvalue weighted by molar-refractivity contribution is 0.0592. The Labute approximate surface area is 116 Å². The summed E-state index contributed by atoms with van der Waals surface area (Å²) < 4.78 is 6.64. The lowest BCUT2D eigenvalue weighted by atomic mass is 10.0. The molecular formula is C14H16N2O2S. The Bertz CT molecular complexity index is 603. The Morgan fingerprint density at radius 1 is 1.53 bits per heavy atom. The van der Waals surface area contributed by atoms with E-state index in [1.807, 2.05) is 34.5 Å². The zero-order chi connectivity index (χ0) is 13.2. The van der Waals surface area contributed by atoms with Crippen LogP contribution in [-0.4, -0.2) is 34.0 Å². The Morgan fingerprint density at radius 3 is 3.16 bits per heavy atom. The molecule has 1 unspecified atom stereocenters. The highest BCUT2D eigenvalue weighted by atomic mass is 32.2. The van der Waals surface area contributed by atoms with E-state index < -0.39 is 0 Å². The molecule has 0 aromatic carbocycles. The molecule has 1 fully saturated rings. The predicted molar refractivity (Wildman–Crippen MR) is 75.8 cm³/mol. The van der Waals surface area contributed by atoms with Gasteiger partial charge in [0.25, 0.3) is 0 Å². The van der Waals surface area contributed by atoms with Crippen molar-refractivity contribution in [3.8, 4) is 0 Å². The van der Waals surface area contributed by atoms with Crippen LogP contribution in [0.3, 0.4) is 0 Å². The van der Waals surface area contributed by atoms with E-state index in [-0.39, 0.29) is 5.97 Å². The number of thioether (sulfide) groups is 1. The van der Waals surface area contributed by atoms with Gasteiger partial charge in [0, 0.05) is 17.9 Å². The van der Waals surface area contributed by atoms with E-state index in [1.165, 1.54) is 25.7 Å². The molecule has 2 aromatic rings. The van der Waals surface area contributed by atoms with Gasteiger partial charge in [-0.15, -0.1) is 0 Å². The fraction of sp³-hybridized carbons (Fsp3) is 0.429. The van der Waals surface area contributed by atoms with E-state index in [1.54, 1.807) is 6.07 Å². The van der Waals surface area contributed by atoms with Crippen molar-refractivity contribution in [2.75, 3.05) is 18.6 Å². The zero-order valence-electron chi connectivity index (χ0n) is 10.8. The highest BCUT2D eigenvalue weighted by molar-refractivity contribution is 7.99. The molecule has 3 rings (SSSR count). The summed E-state index contributed by atoms with van der Waals surface area (Å²) in [6.45, 7) is 0. The fourth-order valence-corrected chi connectivity index (χ4v) is 3.63. The maximum Gasteiger partial charge on any atom is 0.355 e. The van der Waals surface area contributed by atoms with Crippen molar-refractivity contribution < 1.29 is 9.53 Å². The van der Waals surface area contributed by atoms with Crippen molar-refractivity contribution in [2.24, 2.45) is 0 Å². The number of aromatic nitrogens is 2. The van der Waals surface area contributed by atoms with Crippen LogP contribution in [0.4, 0.5) is 0 Å². The summed E-state index contributed by atoms with van der Waals surface area (Å²) in [5, 5.41) is 0. The molecule has 1 saturated heterocycles. The molecule has 100 valence electrons. The summed E-state index contributed by atoms with van der Waals surface area (Å²) in [6, 6.07) is 5.53. The van der Waals surface area contributed by atoms with Gasteiger partial charge in [-0.1, -0.05) is 6.07 Å². The van der Waals surface area contributed by atoms with Crippen molar-refractivity contribution in [3.63, 3.8) is 0 Å². The Balaban J connectivity index is 2.02. The van der Waals surface area contributed by atoms with Crippen LogP contribution in [0.2, 0.25) is 0 Å². The second-order valence-corrected chi connectivity index (χ2v) is 5.86. The van der Waals surface area contributed by atoms with Gasteiger partial charge >= 0.3 is 5.97 Å². The van der Waals surface area contributed by atoms with Crippen LogP contribution >= 0.6 is 11.8 Å². The summed E-state index contributed by atoms with van der Waals surface area (Å²) in [4.78, 5) is 16.4. The maximum absolute atomic E-state index is 11.7. The van der Waals surface area contributed by atoms with Crippen LogP contribution in [0.25, 0.3) is 5.65 Å². The Hall–Kier alpha value is -1.49. The average Bonchev–Trinajstić information content (AvgIpc) is 2.91. The summed E-state index contributed by atoms with van der Waals surface area (Å²) in [6.07, 6.45) is 4.41. The van der Waals surface area contributed by atoms with Crippen LogP contribution in [0.15, 0.2) is 24.4 Å². The van der Waals surface area contributed by atoms with E-state index in [9.17, 15) is 4.79 Å². The van der Waals surface area contributed by atoms with Crippen LogP contribution in [0.5, 0.6) is 0 Å². The SMILES string of the molecule is COC(=O)c1cccc2nc(C3CCCSC3)cn12. The molecule has 0 spiro atoms. The first-order valence-corrected chi connectivity index (χ1v) is 7.59. The van der Waals surface area contributed by atoms with E-state index in [4.69, 9.17) is 4.74 Å². The molecule has 1 atom stereocenters. The second-order valence-electron chi connectivity index (χ2n) is 4.71. The quantitative estimate of drug-likeness (QED) is 0.791. The smallest absolute Gasteiger partial charge is 0.355 e. The molecule has 1 aliphatic heterocycles. The number of hydrogen-bond donors (Lipinski definition) is 0. The van der Waals surface area contributed by atoms with E-state index >= 15 is 0 Å². The van der Waals surface area contributed by atoms with Crippen molar-refractivity contribution >= 4 is 23.4 Å². The number of fused-ring (bicyclic) bond motifs is 1. The first kappa shape index (κ1) is 12.5. The number of carbonyl (C=O) groups is 1. The van der Waals surface area contributed by atoms with Crippen LogP contribution in [-0.2, 0) is 4.74 Å². The molecule has 0 radical (unpaired) electrons. The first-order chi connectivity index (χ1) is 9.29. The number of nitrogens with zero attached hydrogens (tertiary/aromatic N) is 2. The molecular weight excluding hydrogens is 260 g/mol. The number of ether oxygens (including phenoxy) is 1. The largest absolute Gasteiger partial charge is 0.464 e. The molecule has 0 bridgehead atoms. The first-order valence-electron chi connectivity index (χ1n) is 6.43. The molecule has 2 aromatic heterocycles. The maximum atomic E-state index is 11.7. The topological polar surface area (TPSA) is 43.6 Å². The summed E-state index contributed by atoms with van der Waals surface area (Å²) in [7, 11) is 1.40. The third kappa shape index (κ3) is 2.34. The van der Waals surface area contributed by atoms with Gasteiger partial charge in [0.05, 0.1) is 12.8 Å². The van der Waals surface area contributed by atoms with Gasteiger partial charge in [-0.25, -0.2) is 9.78 Å². The molecule has 3 heterocycles. The van der Waals surface area contributed by atoms with E-state index in [0.29, 0.717) is 11.6 Å². The highest BCUT2D eigenvalue weighted by Crippen LogP contribution is 2.30. The lowest BCUT2D eigenvalue weighted by Gasteiger charge is -2.18. The van der Waals surface area contributed by atoms with Crippen LogP contribution < -0.4 is 0 Å². The van der Waals surface area contributed by atoms with Gasteiger partial charge in [-0.3, -0.25) is 4.40 Å². The molecule has 0 aliphatic carbocycles. The van der Waals surface area contributed by atoms with Gasteiger partial charge < -0.3 is 4.74 Å². The number of hydrogen-bond acceptors (Lipinski definition) is 4. The molecule has 0 amide bonds. The zero-order valence-corrected chi connectivity index (χ0v) is 11.7. The summed E-state index contributed by atoms with van der Waals surface area (Å²) in [5.74, 6) is 2.55. The van der Waals surface area contributed by atoms with Gasteiger partial charge in [-0.05, 0) is 30.7 Å². The van der Waals surface area contributed by atoms with Gasteiger partial charge in [0.2, 0.25) is 0 Å². The van der Waals surface area contributed by atoms with Crippen molar-refractivity contribution in [1.29, 1.82) is 0 Å². The summed E-state index contributed by atoms with van der Waals surface area (Å²) >= 11 is 1.98. The second kappa shape index (κ2) is 5.25. The molecule has 1 aliphatic rings. The predicted octanol–water partition coefficient (Wildman–Crippen LogP) is 2.73. The number of carbonyl (C=O) groups excluding carboxylic acids is 1. The van der Waals surface area contributed by atoms with E-state index in [2.05, 4.69) is 4.98 Å². The molecule has 0 saturated carbocycles. The van der Waals surface area contributed by atoms with Crippen LogP contribution in [0, 0.1) is 0 Å². The number of pyridine rings is 1. The number of imidazole rings is 1. The van der Waals surface area contributed by atoms with E-state index in [0.717, 1.165) is 17.1 Å². The van der Waals surface area contributed by atoms with Gasteiger partial charge in [-0.2, -0.15) is 11.8 Å². The fourth-order valence-electron chi connectivity index (χ4n) is 2.47. The highest BCUT2D eigenvalue weighted by Gasteiger charge is 2.20. The molecule has 5 heteroatoms. The summed E-state index contributed by atoms with van der Waals surface area (Å²) in [5.41, 5.74) is 2.43. The van der Waals surface area contributed by atoms with Crippen molar-refractivity contribution in [2.45, 2.75) is 18.8 Å². The number of methoxy groups -OCH3 is 1. The van der Waals surface area contributed by atoms with Crippen molar-refractivity contribution in [1.82, 2.24) is 9.38 Å². The molecule has 19 heavy (non-hydrogen) atoms. The standard InChI is InChI=1S/C14H16N2O2S/c1-18-14(17)12-5-2-6-13-15-11(8-16(12)13)10-4-3-7-19-9-10/h2,5-6,8,10H,3-4,7,9H2,1H3. The number of esters is 1.